The second kappa shape index (κ2) is 5.72. The summed E-state index contributed by atoms with van der Waals surface area (Å²) >= 11 is 3.48. The summed E-state index contributed by atoms with van der Waals surface area (Å²) in [7, 11) is -1.03. The molecule has 6 heteroatoms. The fraction of sp³-hybridized carbons (Fsp3) is 0.538. The third-order valence-electron chi connectivity index (χ3n) is 3.03. The van der Waals surface area contributed by atoms with Crippen LogP contribution in [0.15, 0.2) is 16.9 Å². The molecular weight excluding hydrogens is 322 g/mol. The predicted octanol–water partition coefficient (Wildman–Crippen LogP) is 3.81. The molecule has 0 spiro atoms. The molecule has 104 valence electrons. The number of fused-ring (bicyclic) bond motifs is 1. The first-order chi connectivity index (χ1) is 8.88. The zero-order valence-corrected chi connectivity index (χ0v) is 14.5. The summed E-state index contributed by atoms with van der Waals surface area (Å²) in [6.07, 6.45) is 3.60. The minimum absolute atomic E-state index is 0.547. The SMILES string of the molecule is Cc1nc2c(Br)cncc2n1COCC[Si](C)(C)C. The Morgan fingerprint density at radius 3 is 2.74 bits per heavy atom. The molecule has 0 atom stereocenters. The van der Waals surface area contributed by atoms with Crippen molar-refractivity contribution >= 4 is 35.0 Å². The number of imidazole rings is 1. The van der Waals surface area contributed by atoms with Crippen molar-refractivity contribution in [1.82, 2.24) is 14.5 Å². The van der Waals surface area contributed by atoms with Crippen LogP contribution in [0.5, 0.6) is 0 Å². The molecule has 0 aromatic carbocycles. The molecule has 2 aromatic rings. The third-order valence-corrected chi connectivity index (χ3v) is 5.31. The van der Waals surface area contributed by atoms with Crippen LogP contribution in [0.2, 0.25) is 25.7 Å². The molecule has 2 heterocycles. The summed E-state index contributed by atoms with van der Waals surface area (Å²) in [5.74, 6) is 0.955. The highest BCUT2D eigenvalue weighted by Gasteiger charge is 2.13. The average Bonchev–Trinajstić information content (AvgIpc) is 2.62. The van der Waals surface area contributed by atoms with Crippen LogP contribution in [0.3, 0.4) is 0 Å². The topological polar surface area (TPSA) is 39.9 Å². The van der Waals surface area contributed by atoms with Gasteiger partial charge in [-0.25, -0.2) is 4.98 Å². The maximum Gasteiger partial charge on any atom is 0.124 e. The van der Waals surface area contributed by atoms with Crippen molar-refractivity contribution in [3.05, 3.63) is 22.7 Å². The Hall–Kier alpha value is -0.723. The second-order valence-corrected chi connectivity index (χ2v) is 12.4. The van der Waals surface area contributed by atoms with Gasteiger partial charge in [0.25, 0.3) is 0 Å². The van der Waals surface area contributed by atoms with E-state index in [0.717, 1.165) is 27.9 Å². The van der Waals surface area contributed by atoms with Crippen LogP contribution in [-0.2, 0) is 11.5 Å². The standard InChI is InChI=1S/C13H20BrN3OSi/c1-10-16-13-11(14)7-15-8-12(13)17(10)9-18-5-6-19(2,3)4/h7-8H,5-6,9H2,1-4H3. The van der Waals surface area contributed by atoms with Gasteiger partial charge in [0.2, 0.25) is 0 Å². The van der Waals surface area contributed by atoms with Crippen molar-refractivity contribution in [2.75, 3.05) is 6.61 Å². The van der Waals surface area contributed by atoms with Crippen LogP contribution in [0.1, 0.15) is 5.82 Å². The zero-order chi connectivity index (χ0) is 14.0. The molecule has 0 bridgehead atoms. The van der Waals surface area contributed by atoms with E-state index >= 15 is 0 Å². The molecule has 2 rings (SSSR count). The van der Waals surface area contributed by atoms with Crippen molar-refractivity contribution in [3.63, 3.8) is 0 Å². The number of halogens is 1. The first-order valence-corrected chi connectivity index (χ1v) is 10.9. The van der Waals surface area contributed by atoms with E-state index in [1.807, 2.05) is 13.1 Å². The van der Waals surface area contributed by atoms with Gasteiger partial charge in [0.15, 0.2) is 0 Å². The average molecular weight is 342 g/mol. The van der Waals surface area contributed by atoms with Crippen molar-refractivity contribution < 1.29 is 4.74 Å². The Morgan fingerprint density at radius 2 is 2.05 bits per heavy atom. The molecule has 0 fully saturated rings. The van der Waals surface area contributed by atoms with Crippen molar-refractivity contribution in [2.45, 2.75) is 39.3 Å². The fourth-order valence-electron chi connectivity index (χ4n) is 1.82. The van der Waals surface area contributed by atoms with Gasteiger partial charge in [-0.2, -0.15) is 0 Å². The summed E-state index contributed by atoms with van der Waals surface area (Å²) in [4.78, 5) is 8.74. The van der Waals surface area contributed by atoms with Crippen LogP contribution in [0.4, 0.5) is 0 Å². The van der Waals surface area contributed by atoms with Gasteiger partial charge in [-0.05, 0) is 28.9 Å². The highest BCUT2D eigenvalue weighted by molar-refractivity contribution is 9.10. The molecule has 0 aliphatic rings. The molecule has 0 saturated carbocycles. The lowest BCUT2D eigenvalue weighted by Gasteiger charge is -2.16. The molecule has 0 saturated heterocycles. The van der Waals surface area contributed by atoms with E-state index in [1.54, 1.807) is 6.20 Å². The van der Waals surface area contributed by atoms with Crippen LogP contribution in [-0.4, -0.2) is 29.2 Å². The molecule has 0 radical (unpaired) electrons. The molecule has 0 amide bonds. The first kappa shape index (κ1) is 14.7. The van der Waals surface area contributed by atoms with E-state index in [9.17, 15) is 0 Å². The molecule has 0 aliphatic carbocycles. The molecule has 0 aliphatic heterocycles. The Labute approximate surface area is 123 Å². The fourth-order valence-corrected chi connectivity index (χ4v) is 2.99. The lowest BCUT2D eigenvalue weighted by atomic mass is 10.4. The lowest BCUT2D eigenvalue weighted by molar-refractivity contribution is 0.0885. The van der Waals surface area contributed by atoms with E-state index in [2.05, 4.69) is 50.1 Å². The van der Waals surface area contributed by atoms with E-state index in [1.165, 1.54) is 6.04 Å². The first-order valence-electron chi connectivity index (χ1n) is 6.42. The van der Waals surface area contributed by atoms with Gasteiger partial charge in [0, 0.05) is 20.9 Å². The van der Waals surface area contributed by atoms with Crippen LogP contribution in [0.25, 0.3) is 11.0 Å². The van der Waals surface area contributed by atoms with Crippen LogP contribution in [0, 0.1) is 6.92 Å². The summed E-state index contributed by atoms with van der Waals surface area (Å²) in [6, 6.07) is 1.18. The van der Waals surface area contributed by atoms with E-state index in [4.69, 9.17) is 4.74 Å². The Bertz CT molecular complexity index is 577. The molecule has 19 heavy (non-hydrogen) atoms. The van der Waals surface area contributed by atoms with Gasteiger partial charge in [0.1, 0.15) is 18.1 Å². The van der Waals surface area contributed by atoms with Gasteiger partial charge in [-0.15, -0.1) is 0 Å². The predicted molar refractivity (Wildman–Crippen MR) is 84.1 cm³/mol. The smallest absolute Gasteiger partial charge is 0.124 e. The number of aryl methyl sites for hydroxylation is 1. The van der Waals surface area contributed by atoms with Crippen molar-refractivity contribution in [1.29, 1.82) is 0 Å². The molecule has 2 aromatic heterocycles. The van der Waals surface area contributed by atoms with Crippen molar-refractivity contribution in [2.24, 2.45) is 0 Å². The number of rotatable bonds is 5. The van der Waals surface area contributed by atoms with Crippen LogP contribution >= 0.6 is 15.9 Å². The second-order valence-electron chi connectivity index (χ2n) is 5.92. The number of hydrogen-bond acceptors (Lipinski definition) is 3. The van der Waals surface area contributed by atoms with Gasteiger partial charge in [-0.1, -0.05) is 19.6 Å². The minimum atomic E-state index is -1.03. The number of ether oxygens (including phenoxy) is 1. The van der Waals surface area contributed by atoms with E-state index in [-0.39, 0.29) is 0 Å². The van der Waals surface area contributed by atoms with Gasteiger partial charge >= 0.3 is 0 Å². The number of aromatic nitrogens is 3. The summed E-state index contributed by atoms with van der Waals surface area (Å²) in [6.45, 7) is 10.4. The lowest BCUT2D eigenvalue weighted by Crippen LogP contribution is -2.22. The maximum absolute atomic E-state index is 5.80. The van der Waals surface area contributed by atoms with E-state index in [0.29, 0.717) is 6.73 Å². The quantitative estimate of drug-likeness (QED) is 0.613. The Morgan fingerprint density at radius 1 is 1.32 bits per heavy atom. The van der Waals surface area contributed by atoms with Crippen molar-refractivity contribution in [3.8, 4) is 0 Å². The van der Waals surface area contributed by atoms with E-state index < -0.39 is 8.07 Å². The molecule has 0 unspecified atom stereocenters. The highest BCUT2D eigenvalue weighted by atomic mass is 79.9. The number of pyridine rings is 1. The largest absolute Gasteiger partial charge is 0.361 e. The zero-order valence-electron chi connectivity index (χ0n) is 11.9. The van der Waals surface area contributed by atoms with Gasteiger partial charge < -0.3 is 9.30 Å². The maximum atomic E-state index is 5.80. The number of hydrogen-bond donors (Lipinski definition) is 0. The Kier molecular flexibility index (Phi) is 4.42. The third kappa shape index (κ3) is 3.64. The Balaban J connectivity index is 2.09. The highest BCUT2D eigenvalue weighted by Crippen LogP contribution is 2.22. The summed E-state index contributed by atoms with van der Waals surface area (Å²) in [5.41, 5.74) is 1.96. The molecule has 4 nitrogen and oxygen atoms in total. The minimum Gasteiger partial charge on any atom is -0.361 e. The monoisotopic (exact) mass is 341 g/mol. The summed E-state index contributed by atoms with van der Waals surface area (Å²) in [5, 5.41) is 0. The molecular formula is C13H20BrN3OSi. The van der Waals surface area contributed by atoms with Gasteiger partial charge in [0.05, 0.1) is 16.2 Å². The summed E-state index contributed by atoms with van der Waals surface area (Å²) < 4.78 is 8.79. The van der Waals surface area contributed by atoms with Gasteiger partial charge in [-0.3, -0.25) is 4.98 Å². The van der Waals surface area contributed by atoms with Crippen LogP contribution < -0.4 is 0 Å². The number of nitrogens with zero attached hydrogens (tertiary/aromatic N) is 3. The molecule has 0 N–H and O–H groups in total. The normalized spacial score (nSPS) is 12.3.